The molecule has 116 heavy (non-hydrogen) atoms. The Morgan fingerprint density at radius 3 is 1.66 bits per heavy atom. The van der Waals surface area contributed by atoms with Gasteiger partial charge >= 0.3 is 36.1 Å². The van der Waals surface area contributed by atoms with Crippen molar-refractivity contribution in [1.82, 2.24) is 41.0 Å². The van der Waals surface area contributed by atoms with Gasteiger partial charge in [-0.3, -0.25) is 37.3 Å². The molecule has 13 rings (SSSR count). The second-order valence-corrected chi connectivity index (χ2v) is 33.4. The first kappa shape index (κ1) is 90.5. The number of alkyl carbamates (subject to hydrolysis) is 2. The van der Waals surface area contributed by atoms with Crippen LogP contribution < -0.4 is 31.4 Å². The van der Waals surface area contributed by atoms with Crippen LogP contribution in [0.1, 0.15) is 162 Å². The van der Waals surface area contributed by atoms with Crippen molar-refractivity contribution in [2.45, 2.75) is 216 Å². The number of nitrogens with zero attached hydrogens (tertiary/aromatic N) is 3. The number of carbonyl (C=O) groups is 10. The number of hydrogen-bond donors (Lipinski definition) is 5. The van der Waals surface area contributed by atoms with Crippen LogP contribution in [0.4, 0.5) is 23.4 Å². The average Bonchev–Trinajstić information content (AvgIpc) is 1.58. The number of benzene rings is 3. The summed E-state index contributed by atoms with van der Waals surface area (Å²) in [6, 6.07) is 15.6. The van der Waals surface area contributed by atoms with Gasteiger partial charge in [0.15, 0.2) is 17.9 Å². The van der Waals surface area contributed by atoms with Crippen molar-refractivity contribution >= 4 is 138 Å². The van der Waals surface area contributed by atoms with Gasteiger partial charge in [0.25, 0.3) is 10.1 Å². The Bertz CT molecular complexity index is 4670. The number of H-pyrrole nitrogens is 1. The molecule has 0 spiro atoms. The molecule has 628 valence electrons. The quantitative estimate of drug-likeness (QED) is 0.0162. The fraction of sp³-hybridized carbons (Fsp3) is 0.512. The van der Waals surface area contributed by atoms with E-state index in [1.807, 2.05) is 67.1 Å². The lowest BCUT2D eigenvalue weighted by Gasteiger charge is -2.29. The summed E-state index contributed by atoms with van der Waals surface area (Å²) in [6.07, 6.45) is 22.6. The second kappa shape index (κ2) is 41.6. The predicted molar refractivity (Wildman–Crippen MR) is 426 cm³/mol. The summed E-state index contributed by atoms with van der Waals surface area (Å²) in [5.41, 5.74) is -1.29. The summed E-state index contributed by atoms with van der Waals surface area (Å²) in [5.74, 6) is -4.78. The van der Waals surface area contributed by atoms with Crippen LogP contribution in [-0.4, -0.2) is 201 Å². The van der Waals surface area contributed by atoms with Crippen LogP contribution in [0, 0.1) is 11.8 Å². The smallest absolute Gasteiger partial charge is 0.488 e. The van der Waals surface area contributed by atoms with Crippen molar-refractivity contribution in [3.63, 3.8) is 0 Å². The summed E-state index contributed by atoms with van der Waals surface area (Å²) in [7, 11) is -0.398. The number of thioether (sulfide) groups is 2. The SMILES string of the molecule is C=[O+]C(=O)[C@@]12CC1/C=C\CCCCC[C@H](NC(=O)OC1CCCC1)C(=O)N1C[C@H](OS(=O)(=O)c3ccc(Br)cc3)C[C@H]1C(=O)N2.COC(=O)c1cc(=O)c2cccc(SC)c2[nH]1.COC(=O)c1cc(O[C@@H]2C[C@H]3C(=O)N[C@]4(C(=O)OC)CC4/C=C\CCCCC[C@H](NC(=O)OC4CCCC4)C(=O)N3C2)c2cccc(SC)c2n1.F.FF. The number of aromatic nitrogens is 2. The van der Waals surface area contributed by atoms with Crippen LogP contribution in [0.5, 0.6) is 5.75 Å². The van der Waals surface area contributed by atoms with Crippen LogP contribution in [0.3, 0.4) is 0 Å². The molecule has 6 amide bonds. The molecule has 0 radical (unpaired) electrons. The molecule has 5 N–H and O–H groups in total. The highest BCUT2D eigenvalue weighted by Gasteiger charge is 2.68. The fourth-order valence-electron chi connectivity index (χ4n) is 15.5. The third kappa shape index (κ3) is 22.1. The number of nitrogens with one attached hydrogen (secondary N) is 5. The first-order valence-corrected chi connectivity index (χ1v) is 42.9. The van der Waals surface area contributed by atoms with E-state index in [0.29, 0.717) is 70.6 Å². The Kier molecular flexibility index (Phi) is 32.5. The van der Waals surface area contributed by atoms with Crippen molar-refractivity contribution in [2.24, 2.45) is 11.8 Å². The molecule has 6 heterocycles. The van der Waals surface area contributed by atoms with Gasteiger partial charge < -0.3 is 64.5 Å². The molecule has 2 aromatic heterocycles. The number of amides is 6. The number of hydrogen-bond acceptors (Lipinski definition) is 23. The maximum atomic E-state index is 14.5. The molecule has 6 fully saturated rings. The Morgan fingerprint density at radius 2 is 1.12 bits per heavy atom. The van der Waals surface area contributed by atoms with E-state index >= 15 is 0 Å². The van der Waals surface area contributed by atoms with Crippen molar-refractivity contribution in [3.05, 3.63) is 123 Å². The summed E-state index contributed by atoms with van der Waals surface area (Å²) >= 11 is 6.26. The minimum absolute atomic E-state index is 0. The van der Waals surface area contributed by atoms with E-state index in [2.05, 4.69) is 58.7 Å². The van der Waals surface area contributed by atoms with Gasteiger partial charge in [0.1, 0.15) is 59.5 Å². The molecule has 2 unspecified atom stereocenters. The highest BCUT2D eigenvalue weighted by Crippen LogP contribution is 2.48. The van der Waals surface area contributed by atoms with E-state index in [4.69, 9.17) is 41.4 Å². The molecule has 4 aliphatic heterocycles. The highest BCUT2D eigenvalue weighted by atomic mass is 79.9. The van der Waals surface area contributed by atoms with Crippen molar-refractivity contribution in [3.8, 4) is 5.75 Å². The zero-order valence-electron chi connectivity index (χ0n) is 64.9. The summed E-state index contributed by atoms with van der Waals surface area (Å²) < 4.78 is 85.7. The van der Waals surface area contributed by atoms with Gasteiger partial charge in [-0.25, -0.2) is 29.0 Å². The number of carbonyl (C=O) groups excluding carboxylic acids is 11. The van der Waals surface area contributed by atoms with Gasteiger partial charge in [-0.2, -0.15) is 8.42 Å². The number of halogens is 4. The summed E-state index contributed by atoms with van der Waals surface area (Å²) in [6.45, 7) is 3.03. The van der Waals surface area contributed by atoms with Crippen LogP contribution in [0.25, 0.3) is 21.8 Å². The minimum Gasteiger partial charge on any atom is -0.488 e. The number of allylic oxidation sites excluding steroid dienone is 2. The molecule has 4 saturated carbocycles. The minimum atomic E-state index is -4.25. The first-order chi connectivity index (χ1) is 55.4. The normalized spacial score (nSPS) is 25.4. The van der Waals surface area contributed by atoms with Gasteiger partial charge in [-0.15, -0.1) is 23.5 Å². The lowest BCUT2D eigenvalue weighted by molar-refractivity contribution is -0.372. The summed E-state index contributed by atoms with van der Waals surface area (Å²) in [5, 5.41) is 12.5. The van der Waals surface area contributed by atoms with Gasteiger partial charge in [0.2, 0.25) is 29.2 Å². The number of aromatic amines is 1. The number of esters is 3. The number of rotatable bonds is 15. The second-order valence-electron chi connectivity index (χ2n) is 29.2. The fourth-order valence-corrected chi connectivity index (χ4v) is 18.0. The molecule has 0 bridgehead atoms. The van der Waals surface area contributed by atoms with Gasteiger partial charge in [-0.05, 0) is 164 Å². The number of methoxy groups -OCH3 is 3. The molecular weight excluding hydrogens is 1640 g/mol. The van der Waals surface area contributed by atoms with E-state index in [-0.39, 0.29) is 76.4 Å². The van der Waals surface area contributed by atoms with E-state index < -0.39 is 117 Å². The Hall–Kier alpha value is -9.39. The van der Waals surface area contributed by atoms with E-state index in [1.54, 1.807) is 18.2 Å². The molecule has 8 aliphatic rings. The Balaban J connectivity index is 0.000000216. The standard InChI is InChI=1S/C37H46N4O9S.C31H38BrN3O9S.C12H11NO3S.F2.FH/c1-47-34(44)27-19-29(25-15-11-17-30(51-3)31(25)38-27)49-24-18-28-32(42)40-37(35(45)48-2)20-22(37)12-7-5-4-6-8-16-26(33(43)41(28)21-24)39-36(46)50-23-13-9-10-14-23;1-42-29(38)31-18-20(31)9-5-3-2-4-6-12-25(33-30(39)43-22-10-7-8-11-22)28(37)35-19-23(17-26(35)27(36)34-31)44-45(40,41)24-15-13-21(32)14-16-24;1-16-12(15)8-6-9(14)7-4-3-5-10(17-2)11(7)13-8;1-2;/h7,11-12,15,17,19,22-24,26,28H,4-6,8-10,13-14,16,18,20-21H2,1-3H3,(H,39,46)(H,40,42);5,9,13-16,20,22-23,25-26H,1-4,6-8,10-12,17-19H2,(H-,33,34,36,39);3-6H,1-2H3,(H,13,14);;1H/p+1/b12-7-;9-5-;;;/t22?,24-,26+,28+,37-;20?,23-,25+,26+,31-;;;/m11.../s1. The van der Waals surface area contributed by atoms with Crippen LogP contribution >= 0.6 is 39.5 Å². The largest absolute Gasteiger partial charge is 0.605 e. The molecule has 4 aliphatic carbocycles. The highest BCUT2D eigenvalue weighted by molar-refractivity contribution is 9.10. The molecular formula is C80H97BrF3N8O21S3+. The van der Waals surface area contributed by atoms with Gasteiger partial charge in [0, 0.05) is 77.5 Å². The maximum Gasteiger partial charge on any atom is 0.605 e. The number of fused-ring (bicyclic) bond motifs is 6. The Labute approximate surface area is 685 Å². The third-order valence-corrected chi connectivity index (χ3v) is 25.2. The van der Waals surface area contributed by atoms with E-state index in [0.717, 1.165) is 99.7 Å². The molecule has 10 atom stereocenters. The lowest BCUT2D eigenvalue weighted by atomic mass is 10.0. The zero-order chi connectivity index (χ0) is 82.7. The van der Waals surface area contributed by atoms with E-state index in [1.165, 1.54) is 78.9 Å². The van der Waals surface area contributed by atoms with E-state index in [9.17, 15) is 61.2 Å². The van der Waals surface area contributed by atoms with Crippen LogP contribution in [0.2, 0.25) is 0 Å². The lowest BCUT2D eigenvalue weighted by Crippen LogP contribution is -2.56. The van der Waals surface area contributed by atoms with Crippen LogP contribution in [0.15, 0.2) is 121 Å². The Morgan fingerprint density at radius 1 is 0.621 bits per heavy atom. The predicted octanol–water partition coefficient (Wildman–Crippen LogP) is 11.2. The van der Waals surface area contributed by atoms with Gasteiger partial charge in [0.05, 0.1) is 54.7 Å². The van der Waals surface area contributed by atoms with Crippen LogP contribution in [-0.2, 0) is 71.2 Å². The van der Waals surface area contributed by atoms with Crippen molar-refractivity contribution in [1.29, 1.82) is 0 Å². The monoisotopic (exact) mass is 1740 g/mol. The number of pyridine rings is 2. The topological polar surface area (TPSA) is 381 Å². The van der Waals surface area contributed by atoms with Crippen molar-refractivity contribution < 1.29 is 107 Å². The number of ether oxygens (including phenoxy) is 6. The molecule has 29 nitrogen and oxygen atoms in total. The summed E-state index contributed by atoms with van der Waals surface area (Å²) in [4.78, 5) is 156. The number of para-hydroxylation sites is 2. The molecule has 2 saturated heterocycles. The van der Waals surface area contributed by atoms with Crippen molar-refractivity contribution in [2.75, 3.05) is 46.9 Å². The first-order valence-electron chi connectivity index (χ1n) is 38.3. The molecule has 36 heteroatoms. The van der Waals surface area contributed by atoms with Gasteiger partial charge in [-0.1, -0.05) is 78.1 Å². The molecule has 3 aromatic carbocycles. The molecule has 5 aromatic rings. The third-order valence-electron chi connectivity index (χ3n) is 21.7. The zero-order valence-corrected chi connectivity index (χ0v) is 68.9. The average molecular weight is 1740 g/mol. The maximum absolute atomic E-state index is 14.5.